The van der Waals surface area contributed by atoms with Crippen molar-refractivity contribution in [2.75, 3.05) is 6.61 Å². The lowest BCUT2D eigenvalue weighted by Gasteiger charge is -2.15. The minimum absolute atomic E-state index is 0.0490. The number of rotatable bonds is 5. The van der Waals surface area contributed by atoms with Gasteiger partial charge in [-0.15, -0.1) is 0 Å². The molecule has 0 bridgehead atoms. The molecule has 0 saturated heterocycles. The van der Waals surface area contributed by atoms with Crippen molar-refractivity contribution in [2.45, 2.75) is 40.2 Å². The van der Waals surface area contributed by atoms with Crippen LogP contribution in [0.1, 0.15) is 31.4 Å². The molecule has 1 rings (SSSR count). The van der Waals surface area contributed by atoms with E-state index in [0.717, 1.165) is 23.3 Å². The van der Waals surface area contributed by atoms with E-state index in [4.69, 9.17) is 17.0 Å². The molecule has 0 aliphatic rings. The van der Waals surface area contributed by atoms with Crippen LogP contribution in [0.15, 0.2) is 18.2 Å². The molecule has 0 aliphatic heterocycles. The summed E-state index contributed by atoms with van der Waals surface area (Å²) in [6, 6.07) is 6.13. The molecule has 0 heterocycles. The molecule has 1 amide bonds. The average Bonchev–Trinajstić information content (AvgIpc) is 2.39. The van der Waals surface area contributed by atoms with Gasteiger partial charge in [-0.3, -0.25) is 4.79 Å². The van der Waals surface area contributed by atoms with Crippen molar-refractivity contribution in [3.63, 3.8) is 0 Å². The maximum absolute atomic E-state index is 11.7. The van der Waals surface area contributed by atoms with Gasteiger partial charge in [-0.25, -0.2) is 0 Å². The molecule has 110 valence electrons. The summed E-state index contributed by atoms with van der Waals surface area (Å²) in [6.07, 6.45) is 0.939. The number of ether oxygens (including phenoxy) is 1. The summed E-state index contributed by atoms with van der Waals surface area (Å²) in [7, 11) is 0. The third-order valence-corrected chi connectivity index (χ3v) is 3.17. The fraction of sp³-hybridized carbons (Fsp3) is 0.467. The van der Waals surface area contributed by atoms with Gasteiger partial charge in [-0.2, -0.15) is 0 Å². The van der Waals surface area contributed by atoms with Gasteiger partial charge in [-0.1, -0.05) is 19.1 Å². The van der Waals surface area contributed by atoms with Gasteiger partial charge in [0.25, 0.3) is 5.91 Å². The van der Waals surface area contributed by atoms with E-state index in [1.165, 1.54) is 0 Å². The fourth-order valence-electron chi connectivity index (χ4n) is 1.53. The number of amides is 1. The second-order valence-corrected chi connectivity index (χ2v) is 5.30. The topological polar surface area (TPSA) is 50.4 Å². The minimum Gasteiger partial charge on any atom is -0.483 e. The Hall–Kier alpha value is -1.62. The van der Waals surface area contributed by atoms with Crippen molar-refractivity contribution in [2.24, 2.45) is 0 Å². The first kappa shape index (κ1) is 16.4. The van der Waals surface area contributed by atoms with Crippen molar-refractivity contribution < 1.29 is 9.53 Å². The molecule has 0 aliphatic carbocycles. The number of carbonyl (C=O) groups excluding carboxylic acids is 1. The summed E-state index contributed by atoms with van der Waals surface area (Å²) >= 11 is 5.05. The zero-order chi connectivity index (χ0) is 15.1. The Morgan fingerprint density at radius 1 is 1.40 bits per heavy atom. The van der Waals surface area contributed by atoms with Crippen molar-refractivity contribution in [1.29, 1.82) is 0 Å². The zero-order valence-electron chi connectivity index (χ0n) is 12.4. The molecule has 1 aromatic rings. The quantitative estimate of drug-likeness (QED) is 0.819. The Labute approximate surface area is 125 Å². The van der Waals surface area contributed by atoms with Gasteiger partial charge in [0.05, 0.1) is 0 Å². The van der Waals surface area contributed by atoms with Gasteiger partial charge in [-0.05, 0) is 56.6 Å². The van der Waals surface area contributed by atoms with Gasteiger partial charge < -0.3 is 15.4 Å². The molecule has 20 heavy (non-hydrogen) atoms. The van der Waals surface area contributed by atoms with Gasteiger partial charge in [0, 0.05) is 6.04 Å². The lowest BCUT2D eigenvalue weighted by atomic mass is 10.1. The van der Waals surface area contributed by atoms with E-state index in [9.17, 15) is 4.79 Å². The molecule has 5 heteroatoms. The van der Waals surface area contributed by atoms with E-state index >= 15 is 0 Å². The molecular weight excluding hydrogens is 272 g/mol. The highest BCUT2D eigenvalue weighted by Gasteiger charge is 2.08. The third-order valence-electron chi connectivity index (χ3n) is 2.95. The smallest absolute Gasteiger partial charge is 0.264 e. The maximum Gasteiger partial charge on any atom is 0.264 e. The van der Waals surface area contributed by atoms with Crippen LogP contribution in [0.3, 0.4) is 0 Å². The Bertz CT molecular complexity index is 489. The Morgan fingerprint density at radius 3 is 2.75 bits per heavy atom. The van der Waals surface area contributed by atoms with Crippen LogP contribution < -0.4 is 15.4 Å². The molecular formula is C15H22N2O2S. The van der Waals surface area contributed by atoms with E-state index in [1.807, 2.05) is 45.9 Å². The monoisotopic (exact) mass is 294 g/mol. The van der Waals surface area contributed by atoms with Crippen molar-refractivity contribution >= 4 is 23.2 Å². The van der Waals surface area contributed by atoms with E-state index in [0.29, 0.717) is 5.11 Å². The molecule has 4 nitrogen and oxygen atoms in total. The predicted octanol–water partition coefficient (Wildman–Crippen LogP) is 2.47. The fourth-order valence-corrected chi connectivity index (χ4v) is 1.85. The predicted molar refractivity (Wildman–Crippen MR) is 85.0 cm³/mol. The number of aryl methyl sites for hydroxylation is 2. The van der Waals surface area contributed by atoms with Gasteiger partial charge in [0.1, 0.15) is 5.75 Å². The van der Waals surface area contributed by atoms with Crippen LogP contribution >= 0.6 is 12.2 Å². The standard InChI is InChI=1S/C15H22N2O2S/c1-5-12(4)16-15(20)17-14(18)9-19-13-8-10(2)6-7-11(13)3/h6-8,12H,5,9H2,1-4H3,(H2,16,17,18,20). The highest BCUT2D eigenvalue weighted by molar-refractivity contribution is 7.80. The van der Waals surface area contributed by atoms with E-state index < -0.39 is 0 Å². The van der Waals surface area contributed by atoms with Gasteiger partial charge in [0.15, 0.2) is 11.7 Å². The van der Waals surface area contributed by atoms with E-state index in [2.05, 4.69) is 10.6 Å². The normalized spacial score (nSPS) is 11.6. The zero-order valence-corrected chi connectivity index (χ0v) is 13.3. The minimum atomic E-state index is -0.258. The first-order valence-electron chi connectivity index (χ1n) is 6.72. The number of thiocarbonyl (C=S) groups is 1. The summed E-state index contributed by atoms with van der Waals surface area (Å²) < 4.78 is 5.51. The first-order valence-corrected chi connectivity index (χ1v) is 7.13. The molecule has 2 N–H and O–H groups in total. The number of hydrogen-bond acceptors (Lipinski definition) is 3. The van der Waals surface area contributed by atoms with Gasteiger partial charge in [0.2, 0.25) is 0 Å². The van der Waals surface area contributed by atoms with Crippen LogP contribution in [0.4, 0.5) is 0 Å². The highest BCUT2D eigenvalue weighted by Crippen LogP contribution is 2.18. The Morgan fingerprint density at radius 2 is 2.10 bits per heavy atom. The summed E-state index contributed by atoms with van der Waals surface area (Å²) in [6.45, 7) is 7.93. The number of hydrogen-bond donors (Lipinski definition) is 2. The van der Waals surface area contributed by atoms with Crippen LogP contribution in [0.5, 0.6) is 5.75 Å². The second kappa shape index (κ2) is 7.85. The molecule has 1 aromatic carbocycles. The second-order valence-electron chi connectivity index (χ2n) is 4.89. The largest absolute Gasteiger partial charge is 0.483 e. The van der Waals surface area contributed by atoms with Crippen molar-refractivity contribution in [3.8, 4) is 5.75 Å². The van der Waals surface area contributed by atoms with Crippen LogP contribution in [0.2, 0.25) is 0 Å². The SMILES string of the molecule is CCC(C)NC(=S)NC(=O)COc1cc(C)ccc1C. The summed E-state index contributed by atoms with van der Waals surface area (Å²) in [5, 5.41) is 5.97. The summed E-state index contributed by atoms with van der Waals surface area (Å²) in [5.41, 5.74) is 2.10. The molecule has 0 saturated carbocycles. The van der Waals surface area contributed by atoms with Gasteiger partial charge >= 0.3 is 0 Å². The number of nitrogens with one attached hydrogen (secondary N) is 2. The third kappa shape index (κ3) is 5.57. The molecule has 1 unspecified atom stereocenters. The number of benzene rings is 1. The van der Waals surface area contributed by atoms with Crippen LogP contribution in [0, 0.1) is 13.8 Å². The maximum atomic E-state index is 11.7. The highest BCUT2D eigenvalue weighted by atomic mass is 32.1. The Balaban J connectivity index is 2.43. The van der Waals surface area contributed by atoms with Crippen LogP contribution in [-0.4, -0.2) is 23.7 Å². The lowest BCUT2D eigenvalue weighted by molar-refractivity contribution is -0.121. The Kier molecular flexibility index (Phi) is 6.45. The number of carbonyl (C=O) groups is 1. The summed E-state index contributed by atoms with van der Waals surface area (Å²) in [5.74, 6) is 0.465. The van der Waals surface area contributed by atoms with E-state index in [1.54, 1.807) is 0 Å². The molecule has 0 spiro atoms. The molecule has 0 aromatic heterocycles. The molecule has 0 fully saturated rings. The molecule has 1 atom stereocenters. The summed E-state index contributed by atoms with van der Waals surface area (Å²) in [4.78, 5) is 11.7. The first-order chi connectivity index (χ1) is 9.42. The lowest BCUT2D eigenvalue weighted by Crippen LogP contribution is -2.44. The van der Waals surface area contributed by atoms with Crippen molar-refractivity contribution in [1.82, 2.24) is 10.6 Å². The molecule has 0 radical (unpaired) electrons. The van der Waals surface area contributed by atoms with Crippen LogP contribution in [0.25, 0.3) is 0 Å². The average molecular weight is 294 g/mol. The van der Waals surface area contributed by atoms with Crippen LogP contribution in [-0.2, 0) is 4.79 Å². The van der Waals surface area contributed by atoms with Crippen molar-refractivity contribution in [3.05, 3.63) is 29.3 Å². The van der Waals surface area contributed by atoms with E-state index in [-0.39, 0.29) is 18.6 Å².